The lowest BCUT2D eigenvalue weighted by atomic mass is 9.84. The van der Waals surface area contributed by atoms with Crippen LogP contribution in [0.3, 0.4) is 0 Å². The highest BCUT2D eigenvalue weighted by atomic mass is 32.2. The first-order chi connectivity index (χ1) is 18.5. The van der Waals surface area contributed by atoms with Gasteiger partial charge in [-0.25, -0.2) is 13.1 Å². The molecular formula is C28H33N5O4S2. The Kier molecular flexibility index (Phi) is 8.83. The largest absolute Gasteiger partial charge is 0.384 e. The maximum atomic E-state index is 14.1. The molecule has 4 rings (SSSR count). The smallest absolute Gasteiger partial charge is 0.243 e. The minimum absolute atomic E-state index is 0.0234. The van der Waals surface area contributed by atoms with Crippen molar-refractivity contribution in [3.05, 3.63) is 93.2 Å². The second-order valence-electron chi connectivity index (χ2n) is 9.67. The molecule has 0 saturated carbocycles. The zero-order valence-corrected chi connectivity index (χ0v) is 23.5. The maximum Gasteiger partial charge on any atom is 0.243 e. The minimum atomic E-state index is -3.78. The number of hydrogen-bond acceptors (Lipinski definition) is 6. The van der Waals surface area contributed by atoms with Gasteiger partial charge >= 0.3 is 0 Å². The number of benzene rings is 2. The SMILES string of the molecule is Cc1sc(CNC(=O)[C@@H]2CCCN2C(=O)[C@H](NS(C)(=O)=O)C(c2ccccc2)c2ccccc2)cc1C(=N)N. The summed E-state index contributed by atoms with van der Waals surface area (Å²) >= 11 is 1.45. The molecule has 2 amide bonds. The summed E-state index contributed by atoms with van der Waals surface area (Å²) in [6, 6.07) is 18.5. The van der Waals surface area contributed by atoms with Crippen molar-refractivity contribution >= 4 is 39.0 Å². The van der Waals surface area contributed by atoms with Gasteiger partial charge < -0.3 is 16.0 Å². The molecule has 1 aliphatic rings. The number of thiophene rings is 1. The van der Waals surface area contributed by atoms with Gasteiger partial charge in [0, 0.05) is 27.8 Å². The number of carbonyl (C=O) groups excluding carboxylic acids is 2. The number of nitrogens with one attached hydrogen (secondary N) is 3. The molecule has 0 bridgehead atoms. The van der Waals surface area contributed by atoms with Crippen LogP contribution in [0.2, 0.25) is 0 Å². The third kappa shape index (κ3) is 6.92. The fourth-order valence-corrected chi connectivity index (χ4v) is 6.75. The van der Waals surface area contributed by atoms with E-state index in [0.29, 0.717) is 24.9 Å². The van der Waals surface area contributed by atoms with E-state index in [0.717, 1.165) is 27.1 Å². The summed E-state index contributed by atoms with van der Waals surface area (Å²) in [5.74, 6) is -1.37. The number of rotatable bonds is 10. The third-order valence-corrected chi connectivity index (χ3v) is 8.52. The number of hydrogen-bond donors (Lipinski definition) is 4. The number of likely N-dealkylation sites (tertiary alicyclic amines) is 1. The van der Waals surface area contributed by atoms with Crippen LogP contribution in [0.1, 0.15) is 45.2 Å². The zero-order valence-electron chi connectivity index (χ0n) is 21.9. The Bertz CT molecular complexity index is 1400. The van der Waals surface area contributed by atoms with E-state index in [1.165, 1.54) is 16.2 Å². The highest BCUT2D eigenvalue weighted by Crippen LogP contribution is 2.31. The van der Waals surface area contributed by atoms with Gasteiger partial charge in [-0.1, -0.05) is 60.7 Å². The Balaban J connectivity index is 1.61. The summed E-state index contributed by atoms with van der Waals surface area (Å²) in [4.78, 5) is 30.6. The number of aryl methyl sites for hydroxylation is 1. The summed E-state index contributed by atoms with van der Waals surface area (Å²) in [6.07, 6.45) is 2.14. The van der Waals surface area contributed by atoms with Gasteiger partial charge in [-0.3, -0.25) is 15.0 Å². The quantitative estimate of drug-likeness (QED) is 0.220. The molecule has 2 atom stereocenters. The van der Waals surface area contributed by atoms with E-state index in [1.54, 1.807) is 6.07 Å². The standard InChI is InChI=1S/C28H33N5O4S2/c1-18-22(26(29)30)16-21(38-18)17-31-27(34)23-14-9-15-33(23)28(35)25(32-39(2,36)37)24(19-10-5-3-6-11-19)20-12-7-4-8-13-20/h3-8,10-13,16,23-25,32H,9,14-15,17H2,1-2H3,(H3,29,30)(H,31,34)/t23-,25+/m0/s1. The second-order valence-corrected chi connectivity index (χ2v) is 12.8. The molecule has 1 fully saturated rings. The highest BCUT2D eigenvalue weighted by molar-refractivity contribution is 7.88. The lowest BCUT2D eigenvalue weighted by Gasteiger charge is -2.33. The van der Waals surface area contributed by atoms with Crippen molar-refractivity contribution in [3.63, 3.8) is 0 Å². The van der Waals surface area contributed by atoms with Crippen molar-refractivity contribution in [3.8, 4) is 0 Å². The van der Waals surface area contributed by atoms with E-state index in [1.807, 2.05) is 67.6 Å². The van der Waals surface area contributed by atoms with Crippen LogP contribution >= 0.6 is 11.3 Å². The number of nitrogens with two attached hydrogens (primary N) is 1. The topological polar surface area (TPSA) is 145 Å². The summed E-state index contributed by atoms with van der Waals surface area (Å²) in [5.41, 5.74) is 7.84. The zero-order chi connectivity index (χ0) is 28.2. The lowest BCUT2D eigenvalue weighted by molar-refractivity contribution is -0.140. The molecule has 11 heteroatoms. The van der Waals surface area contributed by atoms with Crippen molar-refractivity contribution in [1.29, 1.82) is 5.41 Å². The monoisotopic (exact) mass is 567 g/mol. The lowest BCUT2D eigenvalue weighted by Crippen LogP contribution is -2.55. The summed E-state index contributed by atoms with van der Waals surface area (Å²) < 4.78 is 27.6. The number of amides is 2. The Labute approximate surface area is 233 Å². The molecule has 0 radical (unpaired) electrons. The first-order valence-corrected chi connectivity index (χ1v) is 15.3. The molecule has 3 aromatic rings. The summed E-state index contributed by atoms with van der Waals surface area (Å²) in [5, 5.41) is 10.6. The molecule has 39 heavy (non-hydrogen) atoms. The van der Waals surface area contributed by atoms with Gasteiger partial charge in [-0.05, 0) is 37.0 Å². The van der Waals surface area contributed by atoms with Crippen molar-refractivity contribution < 1.29 is 18.0 Å². The van der Waals surface area contributed by atoms with Crippen LogP contribution in [0.15, 0.2) is 66.7 Å². The molecule has 1 saturated heterocycles. The highest BCUT2D eigenvalue weighted by Gasteiger charge is 2.41. The first-order valence-electron chi connectivity index (χ1n) is 12.6. The van der Waals surface area contributed by atoms with Gasteiger partial charge in [0.2, 0.25) is 21.8 Å². The molecule has 9 nitrogen and oxygen atoms in total. The Morgan fingerprint density at radius 3 is 2.21 bits per heavy atom. The number of nitrogens with zero attached hydrogens (tertiary/aromatic N) is 1. The van der Waals surface area contributed by atoms with Crippen molar-refractivity contribution in [2.75, 3.05) is 12.8 Å². The fraction of sp³-hybridized carbons (Fsp3) is 0.321. The number of nitrogen functional groups attached to an aromatic ring is 1. The number of carbonyl (C=O) groups is 2. The summed E-state index contributed by atoms with van der Waals surface area (Å²) in [6.45, 7) is 2.47. The average Bonchev–Trinajstić information content (AvgIpc) is 3.54. The van der Waals surface area contributed by atoms with Gasteiger partial charge in [0.05, 0.1) is 12.8 Å². The van der Waals surface area contributed by atoms with Gasteiger partial charge in [-0.2, -0.15) is 0 Å². The van der Waals surface area contributed by atoms with Gasteiger partial charge in [-0.15, -0.1) is 11.3 Å². The Morgan fingerprint density at radius 1 is 1.10 bits per heavy atom. The van der Waals surface area contributed by atoms with E-state index in [-0.39, 0.29) is 18.3 Å². The van der Waals surface area contributed by atoms with Gasteiger partial charge in [0.15, 0.2) is 0 Å². The Morgan fingerprint density at radius 2 is 1.69 bits per heavy atom. The van der Waals surface area contributed by atoms with Crippen molar-refractivity contribution in [1.82, 2.24) is 14.9 Å². The van der Waals surface area contributed by atoms with Crippen LogP contribution in [-0.4, -0.2) is 55.9 Å². The second kappa shape index (κ2) is 12.1. The Hall–Kier alpha value is -3.54. The molecular weight excluding hydrogens is 534 g/mol. The van der Waals surface area contributed by atoms with E-state index in [9.17, 15) is 18.0 Å². The molecule has 1 aliphatic heterocycles. The fourth-order valence-electron chi connectivity index (χ4n) is 5.06. The van der Waals surface area contributed by atoms with Gasteiger partial charge in [0.1, 0.15) is 17.9 Å². The predicted octanol–water partition coefficient (Wildman–Crippen LogP) is 2.70. The van der Waals surface area contributed by atoms with E-state index in [4.69, 9.17) is 11.1 Å². The molecule has 2 aromatic carbocycles. The molecule has 2 heterocycles. The van der Waals surface area contributed by atoms with Crippen LogP contribution < -0.4 is 15.8 Å². The molecule has 5 N–H and O–H groups in total. The minimum Gasteiger partial charge on any atom is -0.384 e. The van der Waals surface area contributed by atoms with Crippen LogP contribution in [0.25, 0.3) is 0 Å². The third-order valence-electron chi connectivity index (χ3n) is 6.79. The average molecular weight is 568 g/mol. The van der Waals surface area contributed by atoms with Crippen molar-refractivity contribution in [2.24, 2.45) is 5.73 Å². The number of amidine groups is 1. The van der Waals surface area contributed by atoms with E-state index < -0.39 is 33.9 Å². The van der Waals surface area contributed by atoms with Crippen LogP contribution in [-0.2, 0) is 26.2 Å². The van der Waals surface area contributed by atoms with Gasteiger partial charge in [0.25, 0.3) is 0 Å². The molecule has 0 spiro atoms. The van der Waals surface area contributed by atoms with E-state index in [2.05, 4.69) is 10.0 Å². The summed E-state index contributed by atoms with van der Waals surface area (Å²) in [7, 11) is -3.78. The van der Waals surface area contributed by atoms with E-state index >= 15 is 0 Å². The molecule has 0 unspecified atom stereocenters. The molecule has 1 aromatic heterocycles. The van der Waals surface area contributed by atoms with Crippen molar-refractivity contribution in [2.45, 2.75) is 44.3 Å². The number of sulfonamides is 1. The van der Waals surface area contributed by atoms with Crippen LogP contribution in [0, 0.1) is 12.3 Å². The molecule has 0 aliphatic carbocycles. The normalized spacial score (nSPS) is 16.3. The first kappa shape index (κ1) is 28.5. The maximum absolute atomic E-state index is 14.1. The molecule has 206 valence electrons. The van der Waals surface area contributed by atoms with Crippen LogP contribution in [0.4, 0.5) is 0 Å². The van der Waals surface area contributed by atoms with Crippen LogP contribution in [0.5, 0.6) is 0 Å². The predicted molar refractivity (Wildman–Crippen MR) is 153 cm³/mol.